The van der Waals surface area contributed by atoms with Crippen LogP contribution in [0.25, 0.3) is 5.82 Å². The molecule has 0 unspecified atom stereocenters. The molecule has 124 valence electrons. The van der Waals surface area contributed by atoms with Crippen molar-refractivity contribution in [3.05, 3.63) is 46.9 Å². The van der Waals surface area contributed by atoms with Crippen LogP contribution in [0.1, 0.15) is 34.4 Å². The van der Waals surface area contributed by atoms with Gasteiger partial charge in [-0.05, 0) is 18.6 Å². The second kappa shape index (κ2) is 6.79. The van der Waals surface area contributed by atoms with Crippen molar-refractivity contribution in [2.45, 2.75) is 19.8 Å². The largest absolute Gasteiger partial charge is 0.296 e. The van der Waals surface area contributed by atoms with E-state index in [4.69, 9.17) is 0 Å². The quantitative estimate of drug-likeness (QED) is 0.765. The first-order valence-electron chi connectivity index (χ1n) is 7.01. The molecule has 24 heavy (non-hydrogen) atoms. The molecule has 1 N–H and O–H groups in total. The number of hydrogen-bond donors (Lipinski definition) is 1. The molecule has 3 heterocycles. The van der Waals surface area contributed by atoms with Crippen LogP contribution in [0.5, 0.6) is 0 Å². The number of halogens is 2. The van der Waals surface area contributed by atoms with Gasteiger partial charge in [0.2, 0.25) is 5.13 Å². The lowest BCUT2D eigenvalue weighted by molar-refractivity contribution is 0.102. The maximum absolute atomic E-state index is 12.5. The average Bonchev–Trinajstić information content (AvgIpc) is 3.22. The zero-order valence-corrected chi connectivity index (χ0v) is 13.3. The Morgan fingerprint density at radius 2 is 2.21 bits per heavy atom. The minimum Gasteiger partial charge on any atom is -0.296 e. The first kappa shape index (κ1) is 16.1. The summed E-state index contributed by atoms with van der Waals surface area (Å²) in [6.45, 7) is 1.88. The number of hydrogen-bond acceptors (Lipinski definition) is 6. The number of anilines is 1. The topological polar surface area (TPSA) is 85.6 Å². The van der Waals surface area contributed by atoms with Gasteiger partial charge < -0.3 is 0 Å². The Labute approximate surface area is 139 Å². The van der Waals surface area contributed by atoms with E-state index in [1.165, 1.54) is 6.20 Å². The Morgan fingerprint density at radius 3 is 2.83 bits per heavy atom. The van der Waals surface area contributed by atoms with Crippen LogP contribution in [0.15, 0.2) is 30.6 Å². The Hall–Kier alpha value is -2.75. The predicted molar refractivity (Wildman–Crippen MR) is 83.6 cm³/mol. The first-order valence-corrected chi connectivity index (χ1v) is 7.83. The number of nitrogens with one attached hydrogen (secondary N) is 1. The Morgan fingerprint density at radius 1 is 1.38 bits per heavy atom. The van der Waals surface area contributed by atoms with Gasteiger partial charge in [-0.3, -0.25) is 10.1 Å². The maximum Gasteiger partial charge on any atom is 0.291 e. The Balaban J connectivity index is 1.86. The molecule has 3 rings (SSSR count). The molecule has 0 aliphatic heterocycles. The lowest BCUT2D eigenvalue weighted by Crippen LogP contribution is -2.14. The van der Waals surface area contributed by atoms with Crippen molar-refractivity contribution in [1.29, 1.82) is 0 Å². The third kappa shape index (κ3) is 3.13. The minimum atomic E-state index is -2.72. The summed E-state index contributed by atoms with van der Waals surface area (Å²) in [6, 6.07) is 5.37. The highest BCUT2D eigenvalue weighted by Crippen LogP contribution is 2.25. The van der Waals surface area contributed by atoms with Gasteiger partial charge in [0.1, 0.15) is 0 Å². The van der Waals surface area contributed by atoms with E-state index >= 15 is 0 Å². The molecule has 0 bridgehead atoms. The number of carbonyl (C=O) groups excluding carboxylic acids is 1. The number of pyridine rings is 1. The molecular weight excluding hydrogens is 338 g/mol. The lowest BCUT2D eigenvalue weighted by Gasteiger charge is -2.06. The molecule has 0 radical (unpaired) electrons. The van der Waals surface area contributed by atoms with Crippen LogP contribution in [0, 0.1) is 0 Å². The maximum atomic E-state index is 12.5. The van der Waals surface area contributed by atoms with Gasteiger partial charge in [0, 0.05) is 6.20 Å². The van der Waals surface area contributed by atoms with Crippen molar-refractivity contribution in [3.63, 3.8) is 0 Å². The van der Waals surface area contributed by atoms with Gasteiger partial charge in [-0.2, -0.15) is 5.10 Å². The SMILES string of the molecule is CCc1c(C(=O)Nc2nnc(C(F)F)s2)cnn1-c1ccccn1. The Kier molecular flexibility index (Phi) is 4.56. The summed E-state index contributed by atoms with van der Waals surface area (Å²) in [5, 5.41) is 13.1. The van der Waals surface area contributed by atoms with Gasteiger partial charge in [0.05, 0.1) is 17.5 Å². The standard InChI is InChI=1S/C14H12F2N6OS/c1-2-9-8(7-18-22(9)10-5-3-4-6-17-10)12(23)19-14-21-20-13(24-14)11(15)16/h3-7,11H,2H2,1H3,(H,19,21,23). The predicted octanol–water partition coefficient (Wildman–Crippen LogP) is 2.87. The fraction of sp³-hybridized carbons (Fsp3) is 0.214. The van der Waals surface area contributed by atoms with E-state index < -0.39 is 17.3 Å². The van der Waals surface area contributed by atoms with E-state index in [0.29, 0.717) is 34.8 Å². The number of amides is 1. The minimum absolute atomic E-state index is 0.0166. The van der Waals surface area contributed by atoms with Gasteiger partial charge in [0.15, 0.2) is 10.8 Å². The van der Waals surface area contributed by atoms with Crippen LogP contribution in [-0.4, -0.2) is 30.9 Å². The zero-order chi connectivity index (χ0) is 17.1. The number of carbonyl (C=O) groups is 1. The summed E-state index contributed by atoms with van der Waals surface area (Å²) >= 11 is 0.637. The van der Waals surface area contributed by atoms with Crippen LogP contribution < -0.4 is 5.32 Å². The fourth-order valence-electron chi connectivity index (χ4n) is 2.12. The van der Waals surface area contributed by atoms with Crippen molar-refractivity contribution in [3.8, 4) is 5.82 Å². The third-order valence-electron chi connectivity index (χ3n) is 3.16. The molecule has 3 aromatic rings. The van der Waals surface area contributed by atoms with E-state index in [-0.39, 0.29) is 5.13 Å². The number of aromatic nitrogens is 5. The van der Waals surface area contributed by atoms with Gasteiger partial charge in [-0.15, -0.1) is 10.2 Å². The van der Waals surface area contributed by atoms with Crippen molar-refractivity contribution < 1.29 is 13.6 Å². The van der Waals surface area contributed by atoms with Crippen LogP contribution in [0.2, 0.25) is 0 Å². The summed E-state index contributed by atoms with van der Waals surface area (Å²) in [5.74, 6) is 0.107. The molecule has 0 saturated carbocycles. The fourth-order valence-corrected chi connectivity index (χ4v) is 2.71. The van der Waals surface area contributed by atoms with Gasteiger partial charge in [0.25, 0.3) is 12.3 Å². The van der Waals surface area contributed by atoms with E-state index in [2.05, 4.69) is 25.6 Å². The number of rotatable bonds is 5. The second-order valence-electron chi connectivity index (χ2n) is 4.66. The second-order valence-corrected chi connectivity index (χ2v) is 5.67. The summed E-state index contributed by atoms with van der Waals surface area (Å²) < 4.78 is 26.6. The summed E-state index contributed by atoms with van der Waals surface area (Å²) in [5.41, 5.74) is 0.988. The molecule has 1 amide bonds. The number of alkyl halides is 2. The molecule has 0 atom stereocenters. The van der Waals surface area contributed by atoms with Crippen LogP contribution in [0.4, 0.5) is 13.9 Å². The summed E-state index contributed by atoms with van der Waals surface area (Å²) in [6.07, 6.45) is 0.866. The average molecular weight is 350 g/mol. The summed E-state index contributed by atoms with van der Waals surface area (Å²) in [7, 11) is 0. The highest BCUT2D eigenvalue weighted by atomic mass is 32.1. The highest BCUT2D eigenvalue weighted by Gasteiger charge is 2.20. The van der Waals surface area contributed by atoms with Crippen molar-refractivity contribution in [1.82, 2.24) is 25.0 Å². The number of nitrogens with zero attached hydrogens (tertiary/aromatic N) is 5. The molecule has 10 heteroatoms. The zero-order valence-electron chi connectivity index (χ0n) is 12.5. The lowest BCUT2D eigenvalue weighted by atomic mass is 10.2. The van der Waals surface area contributed by atoms with E-state index in [9.17, 15) is 13.6 Å². The molecule has 0 fully saturated rings. The van der Waals surface area contributed by atoms with Crippen LogP contribution in [-0.2, 0) is 6.42 Å². The molecule has 7 nitrogen and oxygen atoms in total. The molecule has 0 saturated heterocycles. The van der Waals surface area contributed by atoms with Crippen LogP contribution >= 0.6 is 11.3 Å². The van der Waals surface area contributed by atoms with Gasteiger partial charge >= 0.3 is 0 Å². The van der Waals surface area contributed by atoms with E-state index in [1.54, 1.807) is 23.0 Å². The third-order valence-corrected chi connectivity index (χ3v) is 4.01. The molecule has 0 aliphatic rings. The van der Waals surface area contributed by atoms with E-state index in [0.717, 1.165) is 0 Å². The molecule has 0 aliphatic carbocycles. The smallest absolute Gasteiger partial charge is 0.291 e. The van der Waals surface area contributed by atoms with Crippen molar-refractivity contribution in [2.24, 2.45) is 0 Å². The molecule has 0 spiro atoms. The van der Waals surface area contributed by atoms with Crippen LogP contribution in [0.3, 0.4) is 0 Å². The van der Waals surface area contributed by atoms with Crippen molar-refractivity contribution in [2.75, 3.05) is 5.32 Å². The highest BCUT2D eigenvalue weighted by molar-refractivity contribution is 7.15. The monoisotopic (exact) mass is 350 g/mol. The Bertz CT molecular complexity index is 848. The first-order chi connectivity index (χ1) is 11.6. The van der Waals surface area contributed by atoms with Gasteiger partial charge in [-0.25, -0.2) is 18.4 Å². The summed E-state index contributed by atoms with van der Waals surface area (Å²) in [4.78, 5) is 16.6. The normalized spacial score (nSPS) is 11.0. The van der Waals surface area contributed by atoms with Crippen molar-refractivity contribution >= 4 is 22.4 Å². The van der Waals surface area contributed by atoms with E-state index in [1.807, 2.05) is 13.0 Å². The molecule has 3 aromatic heterocycles. The van der Waals surface area contributed by atoms with Gasteiger partial charge in [-0.1, -0.05) is 24.3 Å². The molecule has 0 aromatic carbocycles. The molecular formula is C14H12F2N6OS.